The number of carbonyl (C=O) groups excluding carboxylic acids is 1. The van der Waals surface area contributed by atoms with Crippen LogP contribution in [0.1, 0.15) is 6.42 Å². The molecule has 0 aliphatic carbocycles. The summed E-state index contributed by atoms with van der Waals surface area (Å²) in [6.45, 7) is 0.534. The van der Waals surface area contributed by atoms with Gasteiger partial charge in [0.2, 0.25) is 15.9 Å². The lowest BCUT2D eigenvalue weighted by atomic mass is 10.2. The number of carbonyl (C=O) groups is 1. The van der Waals surface area contributed by atoms with E-state index in [0.29, 0.717) is 11.6 Å². The van der Waals surface area contributed by atoms with Gasteiger partial charge in [-0.15, -0.1) is 0 Å². The number of nitrogens with two attached hydrogens (primary N) is 1. The van der Waals surface area contributed by atoms with Gasteiger partial charge in [0.25, 0.3) is 0 Å². The molecule has 0 spiro atoms. The molecule has 0 radical (unpaired) electrons. The molecule has 0 bridgehead atoms. The minimum Gasteiger partial charge on any atom is -0.355 e. The number of sulfonamides is 1. The van der Waals surface area contributed by atoms with E-state index in [9.17, 15) is 13.2 Å². The molecule has 0 atom stereocenters. The number of halogens is 1. The van der Waals surface area contributed by atoms with E-state index in [1.165, 1.54) is 0 Å². The number of nitrogens with one attached hydrogen (secondary N) is 1. The quantitative estimate of drug-likeness (QED) is 0.830. The topological polar surface area (TPSA) is 94.2 Å². The van der Waals surface area contributed by atoms with E-state index in [0.717, 1.165) is 10.9 Å². The van der Waals surface area contributed by atoms with Crippen molar-refractivity contribution in [3.63, 3.8) is 0 Å². The molecule has 21 heavy (non-hydrogen) atoms. The molecule has 1 aromatic heterocycles. The monoisotopic (exact) mass is 329 g/mol. The molecule has 0 saturated carbocycles. The molecule has 0 unspecified atom stereocenters. The zero-order chi connectivity index (χ0) is 15.5. The van der Waals surface area contributed by atoms with Gasteiger partial charge in [-0.3, -0.25) is 4.79 Å². The molecule has 1 amide bonds. The number of hydrogen-bond acceptors (Lipinski definition) is 3. The summed E-state index contributed by atoms with van der Waals surface area (Å²) >= 11 is 5.92. The Morgan fingerprint density at radius 2 is 2.10 bits per heavy atom. The van der Waals surface area contributed by atoms with Gasteiger partial charge >= 0.3 is 0 Å². The first-order valence-corrected chi connectivity index (χ1v) is 8.46. The summed E-state index contributed by atoms with van der Waals surface area (Å²) in [6.07, 6.45) is 2.15. The number of nitrogens with zero attached hydrogens (tertiary/aromatic N) is 1. The van der Waals surface area contributed by atoms with Gasteiger partial charge < -0.3 is 9.88 Å². The van der Waals surface area contributed by atoms with Crippen LogP contribution in [0.4, 0.5) is 0 Å². The maximum atomic E-state index is 11.6. The highest BCUT2D eigenvalue weighted by Crippen LogP contribution is 2.20. The summed E-state index contributed by atoms with van der Waals surface area (Å²) < 4.78 is 23.4. The van der Waals surface area contributed by atoms with Crippen LogP contribution in [0.15, 0.2) is 30.5 Å². The normalized spacial score (nSPS) is 11.7. The fourth-order valence-electron chi connectivity index (χ4n) is 2.01. The Morgan fingerprint density at radius 3 is 2.81 bits per heavy atom. The Bertz CT molecular complexity index is 755. The zero-order valence-electron chi connectivity index (χ0n) is 11.3. The van der Waals surface area contributed by atoms with E-state index in [2.05, 4.69) is 5.32 Å². The van der Waals surface area contributed by atoms with Crippen molar-refractivity contribution in [2.24, 2.45) is 5.14 Å². The zero-order valence-corrected chi connectivity index (χ0v) is 12.8. The Hall–Kier alpha value is -1.57. The molecule has 2 aromatic rings. The van der Waals surface area contributed by atoms with E-state index in [1.807, 2.05) is 29.0 Å². The number of primary sulfonamides is 1. The molecular weight excluding hydrogens is 314 g/mol. The third-order valence-corrected chi connectivity index (χ3v) is 4.03. The number of benzene rings is 1. The average molecular weight is 330 g/mol. The van der Waals surface area contributed by atoms with Crippen LogP contribution < -0.4 is 10.5 Å². The molecule has 114 valence electrons. The van der Waals surface area contributed by atoms with Crippen molar-refractivity contribution in [2.75, 3.05) is 12.3 Å². The number of hydrogen-bond donors (Lipinski definition) is 2. The minimum atomic E-state index is -3.54. The van der Waals surface area contributed by atoms with Crippen molar-refractivity contribution >= 4 is 38.4 Å². The number of aryl methyl sites for hydroxylation is 1. The third-order valence-electron chi connectivity index (χ3n) is 3.02. The summed E-state index contributed by atoms with van der Waals surface area (Å²) in [6, 6.07) is 7.49. The van der Waals surface area contributed by atoms with Crippen LogP contribution in [0.5, 0.6) is 0 Å². The summed E-state index contributed by atoms with van der Waals surface area (Å²) in [7, 11) is -3.54. The molecule has 0 fully saturated rings. The van der Waals surface area contributed by atoms with Crippen molar-refractivity contribution in [2.45, 2.75) is 13.0 Å². The molecule has 0 aliphatic heterocycles. The Kier molecular flexibility index (Phi) is 4.87. The van der Waals surface area contributed by atoms with Crippen molar-refractivity contribution in [3.05, 3.63) is 35.5 Å². The molecule has 0 saturated heterocycles. The van der Waals surface area contributed by atoms with Crippen LogP contribution >= 0.6 is 11.6 Å². The Labute approximate surface area is 127 Å². The molecule has 0 aliphatic rings. The van der Waals surface area contributed by atoms with E-state index in [1.54, 1.807) is 6.07 Å². The fraction of sp³-hybridized carbons (Fsp3) is 0.308. The van der Waals surface area contributed by atoms with Crippen LogP contribution in [0.2, 0.25) is 5.02 Å². The van der Waals surface area contributed by atoms with Crippen LogP contribution in [-0.4, -0.2) is 31.2 Å². The predicted molar refractivity (Wildman–Crippen MR) is 82.5 cm³/mol. The highest BCUT2D eigenvalue weighted by molar-refractivity contribution is 7.89. The SMILES string of the molecule is NS(=O)(=O)CCNC(=O)CCn1ccc2cc(Cl)ccc21. The molecule has 2 rings (SSSR count). The maximum Gasteiger partial charge on any atom is 0.221 e. The lowest BCUT2D eigenvalue weighted by Gasteiger charge is -2.07. The number of rotatable bonds is 6. The van der Waals surface area contributed by atoms with Crippen LogP contribution in [0.25, 0.3) is 10.9 Å². The summed E-state index contributed by atoms with van der Waals surface area (Å²) in [5.74, 6) is -0.474. The van der Waals surface area contributed by atoms with E-state index < -0.39 is 10.0 Å². The largest absolute Gasteiger partial charge is 0.355 e. The van der Waals surface area contributed by atoms with Gasteiger partial charge in [0, 0.05) is 41.6 Å². The Morgan fingerprint density at radius 1 is 1.33 bits per heavy atom. The second-order valence-electron chi connectivity index (χ2n) is 4.68. The first-order valence-electron chi connectivity index (χ1n) is 6.37. The molecule has 1 heterocycles. The Balaban J connectivity index is 1.88. The fourth-order valence-corrected chi connectivity index (χ4v) is 2.58. The highest BCUT2D eigenvalue weighted by Gasteiger charge is 2.07. The summed E-state index contributed by atoms with van der Waals surface area (Å²) in [4.78, 5) is 11.6. The van der Waals surface area contributed by atoms with Crippen molar-refractivity contribution in [1.82, 2.24) is 9.88 Å². The smallest absolute Gasteiger partial charge is 0.221 e. The molecule has 8 heteroatoms. The van der Waals surface area contributed by atoms with E-state index >= 15 is 0 Å². The van der Waals surface area contributed by atoms with Gasteiger partial charge in [-0.05, 0) is 24.3 Å². The summed E-state index contributed by atoms with van der Waals surface area (Å²) in [5.41, 5.74) is 0.997. The van der Waals surface area contributed by atoms with Gasteiger partial charge in [0.15, 0.2) is 0 Å². The summed E-state index contributed by atoms with van der Waals surface area (Å²) in [5, 5.41) is 9.06. The number of aromatic nitrogens is 1. The van der Waals surface area contributed by atoms with Crippen LogP contribution in [-0.2, 0) is 21.4 Å². The lowest BCUT2D eigenvalue weighted by Crippen LogP contribution is -2.31. The second kappa shape index (κ2) is 6.46. The number of amides is 1. The molecule has 3 N–H and O–H groups in total. The maximum absolute atomic E-state index is 11.6. The van der Waals surface area contributed by atoms with Gasteiger partial charge in [-0.1, -0.05) is 11.6 Å². The molecular formula is C13H16ClN3O3S. The van der Waals surface area contributed by atoms with Gasteiger partial charge in [-0.2, -0.15) is 0 Å². The number of fused-ring (bicyclic) bond motifs is 1. The third kappa shape index (κ3) is 4.73. The molecule has 1 aromatic carbocycles. The lowest BCUT2D eigenvalue weighted by molar-refractivity contribution is -0.121. The molecule has 6 nitrogen and oxygen atoms in total. The predicted octanol–water partition coefficient (Wildman–Crippen LogP) is 1.09. The van der Waals surface area contributed by atoms with E-state index in [-0.39, 0.29) is 24.6 Å². The highest BCUT2D eigenvalue weighted by atomic mass is 35.5. The van der Waals surface area contributed by atoms with Gasteiger partial charge in [-0.25, -0.2) is 13.6 Å². The second-order valence-corrected chi connectivity index (χ2v) is 6.85. The average Bonchev–Trinajstić information content (AvgIpc) is 2.77. The standard InChI is InChI=1S/C13H16ClN3O3S/c14-11-1-2-12-10(9-11)3-6-17(12)7-4-13(18)16-5-8-21(15,19)20/h1-3,6,9H,4-5,7-8H2,(H,16,18)(H2,15,19,20). The first kappa shape index (κ1) is 15.8. The van der Waals surface area contributed by atoms with Gasteiger partial charge in [0.1, 0.15) is 0 Å². The van der Waals surface area contributed by atoms with Crippen molar-refractivity contribution in [1.29, 1.82) is 0 Å². The van der Waals surface area contributed by atoms with Gasteiger partial charge in [0.05, 0.1) is 5.75 Å². The van der Waals surface area contributed by atoms with E-state index in [4.69, 9.17) is 16.7 Å². The van der Waals surface area contributed by atoms with Crippen molar-refractivity contribution in [3.8, 4) is 0 Å². The van der Waals surface area contributed by atoms with Crippen LogP contribution in [0.3, 0.4) is 0 Å². The first-order chi connectivity index (χ1) is 9.85. The van der Waals surface area contributed by atoms with Crippen molar-refractivity contribution < 1.29 is 13.2 Å². The minimum absolute atomic E-state index is 0.0275. The van der Waals surface area contributed by atoms with Crippen LogP contribution in [0, 0.1) is 0 Å².